The summed E-state index contributed by atoms with van der Waals surface area (Å²) >= 11 is 6.03. The van der Waals surface area contributed by atoms with Gasteiger partial charge in [0.15, 0.2) is 0 Å². The lowest BCUT2D eigenvalue weighted by Gasteiger charge is -2.38. The van der Waals surface area contributed by atoms with Crippen LogP contribution in [0.15, 0.2) is 48.5 Å². The van der Waals surface area contributed by atoms with Gasteiger partial charge in [0.1, 0.15) is 5.75 Å². The molecule has 2 aromatic rings. The number of methoxy groups -OCH3 is 2. The maximum Gasteiger partial charge on any atom is 0.407 e. The van der Waals surface area contributed by atoms with Crippen LogP contribution in [0.2, 0.25) is 5.02 Å². The molecule has 36 heavy (non-hydrogen) atoms. The first kappa shape index (κ1) is 28.1. The van der Waals surface area contributed by atoms with Crippen molar-refractivity contribution in [1.29, 1.82) is 0 Å². The lowest BCUT2D eigenvalue weighted by molar-refractivity contribution is -0.138. The van der Waals surface area contributed by atoms with E-state index in [2.05, 4.69) is 10.2 Å². The maximum absolute atomic E-state index is 13.4. The minimum atomic E-state index is -0.448. The van der Waals surface area contributed by atoms with E-state index in [9.17, 15) is 9.59 Å². The highest BCUT2D eigenvalue weighted by atomic mass is 35.5. The van der Waals surface area contributed by atoms with Gasteiger partial charge in [-0.2, -0.15) is 0 Å². The Hall–Kier alpha value is -2.48. The first-order valence-corrected chi connectivity index (χ1v) is 12.5. The van der Waals surface area contributed by atoms with Gasteiger partial charge in [-0.05, 0) is 74.2 Å². The molecule has 1 spiro atoms. The van der Waals surface area contributed by atoms with Gasteiger partial charge >= 0.3 is 6.09 Å². The Morgan fingerprint density at radius 1 is 1.03 bits per heavy atom. The fourth-order valence-electron chi connectivity index (χ4n) is 5.19. The third-order valence-electron chi connectivity index (χ3n) is 7.43. The standard InChI is InChI=1S/C27H34ClN3O4.ClH/c1-34-23-9-3-20(4-10-23)19-31-18-14-27(25(31)32)12-16-30(17-13-27)15-11-24(29-26(33)35-2)21-5-7-22(28)8-6-21;/h3-10,24H,11-19H2,1-2H3,(H,29,33);1H. The second kappa shape index (κ2) is 12.7. The van der Waals surface area contributed by atoms with Crippen LogP contribution in [0.4, 0.5) is 4.79 Å². The molecule has 1 N–H and O–H groups in total. The Kier molecular flexibility index (Phi) is 9.88. The second-order valence-corrected chi connectivity index (χ2v) is 9.91. The summed E-state index contributed by atoms with van der Waals surface area (Å²) in [7, 11) is 3.03. The quantitative estimate of drug-likeness (QED) is 0.510. The average Bonchev–Trinajstić information content (AvgIpc) is 3.18. The van der Waals surface area contributed by atoms with E-state index in [1.807, 2.05) is 53.4 Å². The number of nitrogens with zero attached hydrogens (tertiary/aromatic N) is 2. The molecule has 2 aromatic carbocycles. The van der Waals surface area contributed by atoms with E-state index in [0.29, 0.717) is 17.5 Å². The van der Waals surface area contributed by atoms with Crippen LogP contribution >= 0.6 is 24.0 Å². The van der Waals surface area contributed by atoms with Crippen molar-refractivity contribution in [3.05, 3.63) is 64.7 Å². The monoisotopic (exact) mass is 535 g/mol. The van der Waals surface area contributed by atoms with Crippen LogP contribution in [0.3, 0.4) is 0 Å². The molecule has 2 heterocycles. The van der Waals surface area contributed by atoms with Crippen LogP contribution < -0.4 is 10.1 Å². The topological polar surface area (TPSA) is 71.1 Å². The summed E-state index contributed by atoms with van der Waals surface area (Å²) in [6.07, 6.45) is 2.98. The number of rotatable bonds is 8. The molecule has 1 atom stereocenters. The molecule has 2 amide bonds. The van der Waals surface area contributed by atoms with E-state index < -0.39 is 6.09 Å². The summed E-state index contributed by atoms with van der Waals surface area (Å²) < 4.78 is 10.1. The normalized spacial score (nSPS) is 18.0. The van der Waals surface area contributed by atoms with Crippen LogP contribution in [0, 0.1) is 5.41 Å². The highest BCUT2D eigenvalue weighted by Gasteiger charge is 2.47. The lowest BCUT2D eigenvalue weighted by Crippen LogP contribution is -2.45. The molecular weight excluding hydrogens is 501 g/mol. The van der Waals surface area contributed by atoms with Crippen molar-refractivity contribution in [2.45, 2.75) is 38.3 Å². The SMILES string of the molecule is COC(=O)NC(CCN1CCC2(CC1)CCN(Cc1ccc(OC)cc1)C2=O)c1ccc(Cl)cc1.Cl. The van der Waals surface area contributed by atoms with Gasteiger partial charge in [-0.15, -0.1) is 12.4 Å². The number of piperidine rings is 1. The van der Waals surface area contributed by atoms with Crippen molar-refractivity contribution < 1.29 is 19.1 Å². The van der Waals surface area contributed by atoms with Crippen LogP contribution in [0.25, 0.3) is 0 Å². The van der Waals surface area contributed by atoms with Crippen LogP contribution in [0.5, 0.6) is 5.75 Å². The fraction of sp³-hybridized carbons (Fsp3) is 0.481. The lowest BCUT2D eigenvalue weighted by atomic mass is 9.77. The van der Waals surface area contributed by atoms with Crippen molar-refractivity contribution in [2.24, 2.45) is 5.41 Å². The zero-order valence-corrected chi connectivity index (χ0v) is 22.4. The predicted molar refractivity (Wildman–Crippen MR) is 143 cm³/mol. The Morgan fingerprint density at radius 2 is 1.67 bits per heavy atom. The molecule has 4 rings (SSSR count). The molecule has 0 bridgehead atoms. The Labute approximate surface area is 224 Å². The van der Waals surface area contributed by atoms with Gasteiger partial charge in [0.05, 0.1) is 25.7 Å². The number of carbonyl (C=O) groups is 2. The van der Waals surface area contributed by atoms with E-state index in [0.717, 1.165) is 68.7 Å². The number of benzene rings is 2. The van der Waals surface area contributed by atoms with E-state index >= 15 is 0 Å². The van der Waals surface area contributed by atoms with Crippen molar-refractivity contribution in [1.82, 2.24) is 15.1 Å². The number of amides is 2. The summed E-state index contributed by atoms with van der Waals surface area (Å²) in [5, 5.41) is 3.60. The Morgan fingerprint density at radius 3 is 2.28 bits per heavy atom. The summed E-state index contributed by atoms with van der Waals surface area (Å²) in [5.41, 5.74) is 1.89. The minimum Gasteiger partial charge on any atom is -0.497 e. The third-order valence-corrected chi connectivity index (χ3v) is 7.68. The summed E-state index contributed by atoms with van der Waals surface area (Å²) in [6.45, 7) is 4.06. The zero-order valence-electron chi connectivity index (χ0n) is 20.9. The molecule has 0 saturated carbocycles. The number of hydrogen-bond acceptors (Lipinski definition) is 5. The van der Waals surface area contributed by atoms with E-state index in [4.69, 9.17) is 21.1 Å². The molecule has 2 fully saturated rings. The molecule has 7 nitrogen and oxygen atoms in total. The van der Waals surface area contributed by atoms with Crippen LogP contribution in [-0.2, 0) is 16.1 Å². The predicted octanol–water partition coefficient (Wildman–Crippen LogP) is 5.07. The molecule has 0 aromatic heterocycles. The summed E-state index contributed by atoms with van der Waals surface area (Å²) in [5.74, 6) is 1.12. The summed E-state index contributed by atoms with van der Waals surface area (Å²) in [6, 6.07) is 15.3. The molecule has 196 valence electrons. The number of likely N-dealkylation sites (tertiary alicyclic amines) is 2. The average molecular weight is 537 g/mol. The van der Waals surface area contributed by atoms with Gasteiger partial charge < -0.3 is 24.6 Å². The molecule has 1 unspecified atom stereocenters. The number of hydrogen-bond donors (Lipinski definition) is 1. The Bertz CT molecular complexity index is 1010. The fourth-order valence-corrected chi connectivity index (χ4v) is 5.32. The van der Waals surface area contributed by atoms with Gasteiger partial charge in [-0.25, -0.2) is 4.79 Å². The number of halogens is 2. The smallest absolute Gasteiger partial charge is 0.407 e. The van der Waals surface area contributed by atoms with E-state index in [1.165, 1.54) is 7.11 Å². The maximum atomic E-state index is 13.4. The van der Waals surface area contributed by atoms with Crippen molar-refractivity contribution >= 4 is 36.0 Å². The highest BCUT2D eigenvalue weighted by molar-refractivity contribution is 6.30. The van der Waals surface area contributed by atoms with Gasteiger partial charge in [0.25, 0.3) is 0 Å². The molecule has 2 aliphatic rings. The highest BCUT2D eigenvalue weighted by Crippen LogP contribution is 2.42. The van der Waals surface area contributed by atoms with Gasteiger partial charge in [-0.1, -0.05) is 35.9 Å². The largest absolute Gasteiger partial charge is 0.497 e. The molecule has 2 aliphatic heterocycles. The first-order valence-electron chi connectivity index (χ1n) is 12.2. The van der Waals surface area contributed by atoms with E-state index in [-0.39, 0.29) is 23.9 Å². The Balaban J connectivity index is 0.00000361. The van der Waals surface area contributed by atoms with Crippen molar-refractivity contribution in [3.63, 3.8) is 0 Å². The molecule has 0 radical (unpaired) electrons. The van der Waals surface area contributed by atoms with Crippen LogP contribution in [-0.4, -0.2) is 62.2 Å². The number of ether oxygens (including phenoxy) is 2. The molecule has 9 heteroatoms. The first-order chi connectivity index (χ1) is 16.9. The van der Waals surface area contributed by atoms with Gasteiger partial charge in [0, 0.05) is 24.7 Å². The zero-order chi connectivity index (χ0) is 24.8. The van der Waals surface area contributed by atoms with Crippen molar-refractivity contribution in [2.75, 3.05) is 40.4 Å². The minimum absolute atomic E-state index is 0. The number of nitrogens with one attached hydrogen (secondary N) is 1. The molecular formula is C27H35Cl2N3O4. The third kappa shape index (κ3) is 6.64. The number of alkyl carbamates (subject to hydrolysis) is 1. The van der Waals surface area contributed by atoms with Crippen molar-refractivity contribution in [3.8, 4) is 5.75 Å². The van der Waals surface area contributed by atoms with Gasteiger partial charge in [0.2, 0.25) is 5.91 Å². The second-order valence-electron chi connectivity index (χ2n) is 9.48. The summed E-state index contributed by atoms with van der Waals surface area (Å²) in [4.78, 5) is 29.7. The molecule has 0 aliphatic carbocycles. The van der Waals surface area contributed by atoms with Gasteiger partial charge in [-0.3, -0.25) is 4.79 Å². The van der Waals surface area contributed by atoms with Crippen LogP contribution in [0.1, 0.15) is 42.9 Å². The number of carbonyl (C=O) groups excluding carboxylic acids is 2. The molecule has 2 saturated heterocycles. The van der Waals surface area contributed by atoms with E-state index in [1.54, 1.807) is 7.11 Å².